The van der Waals surface area contributed by atoms with Crippen molar-refractivity contribution in [2.45, 2.75) is 65.2 Å². The van der Waals surface area contributed by atoms with Crippen molar-refractivity contribution in [3.8, 4) is 5.75 Å². The zero-order valence-corrected chi connectivity index (χ0v) is 19.4. The molecule has 0 amide bonds. The summed E-state index contributed by atoms with van der Waals surface area (Å²) in [6.07, 6.45) is 5.33. The van der Waals surface area contributed by atoms with Crippen LogP contribution < -0.4 is 4.74 Å². The monoisotopic (exact) mass is 458 g/mol. The van der Waals surface area contributed by atoms with Gasteiger partial charge in [0.2, 0.25) is 0 Å². The molecule has 0 N–H and O–H groups in total. The van der Waals surface area contributed by atoms with E-state index in [2.05, 4.69) is 40.9 Å². The Labute approximate surface area is 194 Å². The molecule has 3 rings (SSSR count). The number of rotatable bonds is 9. The van der Waals surface area contributed by atoms with Gasteiger partial charge >= 0.3 is 6.36 Å². The third-order valence-electron chi connectivity index (χ3n) is 6.56. The second-order valence-electron chi connectivity index (χ2n) is 8.78. The topological polar surface area (TPSA) is 34.0 Å². The summed E-state index contributed by atoms with van der Waals surface area (Å²) in [6, 6.07) is 15.8. The van der Waals surface area contributed by atoms with Crippen molar-refractivity contribution in [1.82, 2.24) is 0 Å². The molecule has 0 aromatic heterocycles. The fourth-order valence-corrected chi connectivity index (χ4v) is 4.91. The Hall–Kier alpha value is -2.63. The van der Waals surface area contributed by atoms with Crippen LogP contribution in [0.3, 0.4) is 0 Å². The smallest absolute Gasteiger partial charge is 0.406 e. The molecule has 33 heavy (non-hydrogen) atoms. The van der Waals surface area contributed by atoms with Crippen LogP contribution in [0.15, 0.2) is 64.8 Å². The van der Waals surface area contributed by atoms with E-state index in [1.54, 1.807) is 6.21 Å². The van der Waals surface area contributed by atoms with Crippen molar-refractivity contribution < 1.29 is 17.9 Å². The second-order valence-corrected chi connectivity index (χ2v) is 8.78. The van der Waals surface area contributed by atoms with Crippen LogP contribution >= 0.6 is 0 Å². The van der Waals surface area contributed by atoms with E-state index >= 15 is 0 Å². The zero-order chi connectivity index (χ0) is 23.7. The van der Waals surface area contributed by atoms with Crippen molar-refractivity contribution in [2.24, 2.45) is 28.0 Å². The Balaban J connectivity index is 1.71. The van der Waals surface area contributed by atoms with Crippen LogP contribution in [0, 0.1) is 17.8 Å². The third-order valence-corrected chi connectivity index (χ3v) is 6.56. The first-order valence-electron chi connectivity index (χ1n) is 11.9. The van der Waals surface area contributed by atoms with Gasteiger partial charge in [0, 0.05) is 5.92 Å². The minimum absolute atomic E-state index is 0.252. The number of alkyl halides is 3. The molecule has 2 aromatic rings. The summed E-state index contributed by atoms with van der Waals surface area (Å²) < 4.78 is 40.9. The van der Waals surface area contributed by atoms with Gasteiger partial charge in [-0.3, -0.25) is 0 Å². The predicted octanol–water partition coefficient (Wildman–Crippen LogP) is 8.04. The van der Waals surface area contributed by atoms with Crippen LogP contribution in [0.1, 0.15) is 69.9 Å². The first-order chi connectivity index (χ1) is 15.9. The summed E-state index contributed by atoms with van der Waals surface area (Å²) in [7, 11) is 0. The Morgan fingerprint density at radius 2 is 1.67 bits per heavy atom. The third kappa shape index (κ3) is 7.72. The lowest BCUT2D eigenvalue weighted by molar-refractivity contribution is -0.274. The summed E-state index contributed by atoms with van der Waals surface area (Å²) in [5.41, 5.74) is 2.73. The van der Waals surface area contributed by atoms with E-state index in [9.17, 15) is 13.2 Å². The van der Waals surface area contributed by atoms with Crippen LogP contribution in [-0.2, 0) is 0 Å². The van der Waals surface area contributed by atoms with Crippen LogP contribution in [-0.4, -0.2) is 18.3 Å². The lowest BCUT2D eigenvalue weighted by Gasteiger charge is -2.34. The van der Waals surface area contributed by atoms with Gasteiger partial charge < -0.3 is 4.74 Å². The molecule has 1 aliphatic carbocycles. The zero-order valence-electron chi connectivity index (χ0n) is 19.4. The maximum atomic E-state index is 12.3. The first-order valence-corrected chi connectivity index (χ1v) is 11.9. The Morgan fingerprint density at radius 3 is 2.24 bits per heavy atom. The van der Waals surface area contributed by atoms with Gasteiger partial charge in [0.05, 0.1) is 11.9 Å². The van der Waals surface area contributed by atoms with Crippen LogP contribution in [0.4, 0.5) is 13.2 Å². The Bertz CT molecular complexity index is 899. The van der Waals surface area contributed by atoms with Crippen LogP contribution in [0.2, 0.25) is 0 Å². The van der Waals surface area contributed by atoms with Crippen molar-refractivity contribution in [3.05, 3.63) is 65.7 Å². The highest BCUT2D eigenvalue weighted by Gasteiger charge is 2.31. The van der Waals surface area contributed by atoms with Gasteiger partial charge in [0.25, 0.3) is 0 Å². The van der Waals surface area contributed by atoms with Gasteiger partial charge in [-0.1, -0.05) is 63.4 Å². The molecule has 0 saturated heterocycles. The summed E-state index contributed by atoms with van der Waals surface area (Å²) in [4.78, 5) is 0. The predicted molar refractivity (Wildman–Crippen MR) is 128 cm³/mol. The average Bonchev–Trinajstić information content (AvgIpc) is 2.81. The van der Waals surface area contributed by atoms with Gasteiger partial charge in [-0.25, -0.2) is 0 Å². The quantitative estimate of drug-likeness (QED) is 0.276. The lowest BCUT2D eigenvalue weighted by Crippen LogP contribution is -2.26. The number of ether oxygens (including phenoxy) is 1. The molecule has 1 unspecified atom stereocenters. The molecule has 0 heterocycles. The molecule has 1 fully saturated rings. The van der Waals surface area contributed by atoms with E-state index in [4.69, 9.17) is 0 Å². The van der Waals surface area contributed by atoms with Crippen LogP contribution in [0.25, 0.3) is 0 Å². The SMILES string of the molecule is CCCC(CC)C1CCC(C(=NN=Cc2ccc(OC(F)(F)F)cc2)c2ccccc2)CC1. The van der Waals surface area contributed by atoms with Gasteiger partial charge in [-0.15, -0.1) is 13.2 Å². The molecule has 6 heteroatoms. The van der Waals surface area contributed by atoms with E-state index in [1.807, 2.05) is 18.2 Å². The van der Waals surface area contributed by atoms with E-state index in [-0.39, 0.29) is 5.75 Å². The van der Waals surface area contributed by atoms with Crippen molar-refractivity contribution in [2.75, 3.05) is 0 Å². The molecule has 0 aliphatic heterocycles. The Kier molecular flexibility index (Phi) is 9.10. The largest absolute Gasteiger partial charge is 0.573 e. The molecular formula is C27H33F3N2O. The second kappa shape index (κ2) is 12.0. The molecule has 1 aliphatic rings. The summed E-state index contributed by atoms with van der Waals surface area (Å²) in [5.74, 6) is 1.72. The van der Waals surface area contributed by atoms with Crippen LogP contribution in [0.5, 0.6) is 5.75 Å². The Morgan fingerprint density at radius 1 is 1.00 bits per heavy atom. The standard InChI is InChI=1S/C27H33F3N2O/c1-3-8-21(4-2)22-13-15-24(16-14-22)26(23-9-6-5-7-10-23)32-31-19-20-11-17-25(18-12-20)33-27(28,29)30/h5-7,9-12,17-19,21-22,24H,3-4,8,13-16H2,1-2H3. The van der Waals surface area contributed by atoms with Crippen molar-refractivity contribution >= 4 is 11.9 Å². The maximum absolute atomic E-state index is 12.3. The summed E-state index contributed by atoms with van der Waals surface area (Å²) in [6.45, 7) is 4.57. The van der Waals surface area contributed by atoms with Gasteiger partial charge in [0.1, 0.15) is 5.75 Å². The molecule has 1 saturated carbocycles. The number of benzene rings is 2. The minimum atomic E-state index is -4.70. The highest BCUT2D eigenvalue weighted by atomic mass is 19.4. The molecule has 0 spiro atoms. The first kappa shape index (κ1) is 25.0. The molecular weight excluding hydrogens is 425 g/mol. The number of nitrogens with zero attached hydrogens (tertiary/aromatic N) is 2. The van der Waals surface area contributed by atoms with Crippen molar-refractivity contribution in [1.29, 1.82) is 0 Å². The van der Waals surface area contributed by atoms with Gasteiger partial charge in [-0.2, -0.15) is 10.2 Å². The molecule has 0 radical (unpaired) electrons. The number of hydrogen-bond acceptors (Lipinski definition) is 3. The summed E-state index contributed by atoms with van der Waals surface area (Å²) in [5, 5.41) is 8.89. The normalized spacial score (nSPS) is 20.7. The number of hydrogen-bond donors (Lipinski definition) is 0. The number of halogens is 3. The average molecular weight is 459 g/mol. The van der Waals surface area contributed by atoms with E-state index in [0.29, 0.717) is 11.5 Å². The maximum Gasteiger partial charge on any atom is 0.573 e. The van der Waals surface area contributed by atoms with Gasteiger partial charge in [-0.05, 0) is 72.9 Å². The van der Waals surface area contributed by atoms with E-state index in [0.717, 1.165) is 36.0 Å². The summed E-state index contributed by atoms with van der Waals surface area (Å²) >= 11 is 0. The highest BCUT2D eigenvalue weighted by Crippen LogP contribution is 2.38. The van der Waals surface area contributed by atoms with Crippen molar-refractivity contribution in [3.63, 3.8) is 0 Å². The minimum Gasteiger partial charge on any atom is -0.406 e. The molecule has 178 valence electrons. The van der Waals surface area contributed by atoms with E-state index < -0.39 is 6.36 Å². The van der Waals surface area contributed by atoms with Gasteiger partial charge in [0.15, 0.2) is 0 Å². The van der Waals surface area contributed by atoms with E-state index in [1.165, 1.54) is 56.4 Å². The fourth-order valence-electron chi connectivity index (χ4n) is 4.91. The molecule has 2 aromatic carbocycles. The lowest BCUT2D eigenvalue weighted by atomic mass is 9.72. The molecule has 1 atom stereocenters. The highest BCUT2D eigenvalue weighted by molar-refractivity contribution is 6.02. The molecule has 3 nitrogen and oxygen atoms in total. The molecule has 0 bridgehead atoms. The fraction of sp³-hybridized carbons (Fsp3) is 0.481.